The number of benzene rings is 1. The van der Waals surface area contributed by atoms with E-state index >= 15 is 0 Å². The highest BCUT2D eigenvalue weighted by atomic mass is 19.2. The number of allylic oxidation sites excluding steroid dienone is 3. The van der Waals surface area contributed by atoms with E-state index in [1.54, 1.807) is 26.0 Å². The maximum atomic E-state index is 14.8. The van der Waals surface area contributed by atoms with Gasteiger partial charge < -0.3 is 9.47 Å². The van der Waals surface area contributed by atoms with Crippen molar-refractivity contribution in [2.24, 2.45) is 11.8 Å². The van der Waals surface area contributed by atoms with E-state index in [-0.39, 0.29) is 29.8 Å². The third-order valence-corrected chi connectivity index (χ3v) is 5.98. The van der Waals surface area contributed by atoms with Crippen LogP contribution < -0.4 is 4.74 Å². The van der Waals surface area contributed by atoms with E-state index < -0.39 is 29.2 Å². The van der Waals surface area contributed by atoms with Gasteiger partial charge in [-0.05, 0) is 75.7 Å². The van der Waals surface area contributed by atoms with Crippen molar-refractivity contribution in [1.82, 2.24) is 0 Å². The predicted octanol–water partition coefficient (Wildman–Crippen LogP) is 6.72. The molecule has 3 rings (SSSR count). The summed E-state index contributed by atoms with van der Waals surface area (Å²) in [6.45, 7) is 4.03. The molecule has 1 aromatic carbocycles. The van der Waals surface area contributed by atoms with Crippen molar-refractivity contribution in [2.75, 3.05) is 13.2 Å². The molecule has 2 unspecified atom stereocenters. The minimum absolute atomic E-state index is 0.100. The maximum absolute atomic E-state index is 14.8. The lowest BCUT2D eigenvalue weighted by atomic mass is 9.70. The van der Waals surface area contributed by atoms with Gasteiger partial charge in [0.15, 0.2) is 17.7 Å². The molecule has 0 aromatic heterocycles. The zero-order chi connectivity index (χ0) is 21.7. The molecule has 0 aliphatic heterocycles. The van der Waals surface area contributed by atoms with E-state index in [0.717, 1.165) is 18.9 Å². The summed E-state index contributed by atoms with van der Waals surface area (Å²) in [6, 6.07) is 2.91. The van der Waals surface area contributed by atoms with E-state index in [0.29, 0.717) is 19.4 Å². The van der Waals surface area contributed by atoms with E-state index in [2.05, 4.69) is 0 Å². The normalized spacial score (nSPS) is 29.3. The number of alkyl halides is 1. The van der Waals surface area contributed by atoms with Crippen LogP contribution in [0.4, 0.5) is 17.6 Å². The molecule has 0 heterocycles. The molecule has 6 heteroatoms. The molecule has 30 heavy (non-hydrogen) atoms. The lowest BCUT2D eigenvalue weighted by Gasteiger charge is -2.44. The van der Waals surface area contributed by atoms with Gasteiger partial charge in [-0.15, -0.1) is 0 Å². The summed E-state index contributed by atoms with van der Waals surface area (Å²) >= 11 is 0. The van der Waals surface area contributed by atoms with Gasteiger partial charge in [-0.3, -0.25) is 0 Å². The summed E-state index contributed by atoms with van der Waals surface area (Å²) in [7, 11) is 0. The molecule has 0 spiro atoms. The van der Waals surface area contributed by atoms with Gasteiger partial charge >= 0.3 is 0 Å². The molecule has 0 saturated heterocycles. The third kappa shape index (κ3) is 4.48. The van der Waals surface area contributed by atoms with Crippen LogP contribution in [0.2, 0.25) is 0 Å². The number of rotatable bonds is 7. The lowest BCUT2D eigenvalue weighted by molar-refractivity contribution is -0.101. The molecular weight excluding hydrogens is 396 g/mol. The topological polar surface area (TPSA) is 18.5 Å². The van der Waals surface area contributed by atoms with Gasteiger partial charge in [0, 0.05) is 12.2 Å². The summed E-state index contributed by atoms with van der Waals surface area (Å²) in [5.74, 6) is -2.82. The molecule has 1 fully saturated rings. The smallest absolute Gasteiger partial charge is 0.201 e. The van der Waals surface area contributed by atoms with Crippen molar-refractivity contribution in [2.45, 2.75) is 51.3 Å². The van der Waals surface area contributed by atoms with Crippen molar-refractivity contribution in [1.29, 1.82) is 0 Å². The predicted molar refractivity (Wildman–Crippen MR) is 110 cm³/mol. The van der Waals surface area contributed by atoms with E-state index in [1.165, 1.54) is 18.2 Å². The zero-order valence-corrected chi connectivity index (χ0v) is 17.3. The van der Waals surface area contributed by atoms with E-state index in [9.17, 15) is 17.6 Å². The number of hydrogen-bond acceptors (Lipinski definition) is 2. The first kappa shape index (κ1) is 22.6. The number of halogens is 4. The first-order chi connectivity index (χ1) is 14.4. The zero-order valence-electron chi connectivity index (χ0n) is 17.3. The van der Waals surface area contributed by atoms with Crippen LogP contribution in [0.3, 0.4) is 0 Å². The van der Waals surface area contributed by atoms with Gasteiger partial charge in [0.25, 0.3) is 0 Å². The molecule has 2 aliphatic rings. The van der Waals surface area contributed by atoms with Crippen LogP contribution in [0.1, 0.15) is 45.1 Å². The fourth-order valence-corrected chi connectivity index (χ4v) is 4.45. The lowest BCUT2D eigenvalue weighted by Crippen LogP contribution is -2.50. The van der Waals surface area contributed by atoms with Crippen LogP contribution in [0.5, 0.6) is 5.75 Å². The van der Waals surface area contributed by atoms with Gasteiger partial charge in [-0.1, -0.05) is 18.2 Å². The number of ether oxygens (including phenoxy) is 2. The van der Waals surface area contributed by atoms with Crippen LogP contribution in [-0.2, 0) is 4.74 Å². The summed E-state index contributed by atoms with van der Waals surface area (Å²) in [4.78, 5) is 0. The Morgan fingerprint density at radius 3 is 2.43 bits per heavy atom. The second-order valence-electron chi connectivity index (χ2n) is 7.74. The molecule has 2 nitrogen and oxygen atoms in total. The van der Waals surface area contributed by atoms with Gasteiger partial charge in [0.2, 0.25) is 5.82 Å². The molecule has 1 aromatic rings. The Balaban J connectivity index is 1.66. The van der Waals surface area contributed by atoms with E-state index in [4.69, 9.17) is 9.47 Å². The van der Waals surface area contributed by atoms with Gasteiger partial charge in [-0.25, -0.2) is 13.2 Å². The Bertz CT molecular complexity index is 825. The fraction of sp³-hybridized carbons (Fsp3) is 0.500. The van der Waals surface area contributed by atoms with Crippen LogP contribution in [-0.4, -0.2) is 25.0 Å². The Labute approximate surface area is 175 Å². The molecule has 1 saturated carbocycles. The van der Waals surface area contributed by atoms with Crippen LogP contribution in [0.25, 0.3) is 6.08 Å². The maximum Gasteiger partial charge on any atom is 0.201 e. The molecule has 2 aliphatic carbocycles. The molecular formula is C24H28F4O2. The van der Waals surface area contributed by atoms with Crippen LogP contribution in [0, 0.1) is 23.5 Å². The van der Waals surface area contributed by atoms with Crippen LogP contribution >= 0.6 is 0 Å². The highest BCUT2D eigenvalue weighted by Crippen LogP contribution is 2.45. The summed E-state index contributed by atoms with van der Waals surface area (Å²) in [5.41, 5.74) is -1.11. The Morgan fingerprint density at radius 1 is 1.03 bits per heavy atom. The summed E-state index contributed by atoms with van der Waals surface area (Å²) in [6.07, 6.45) is 8.75. The quantitative estimate of drug-likeness (QED) is 0.453. The van der Waals surface area contributed by atoms with Crippen molar-refractivity contribution in [3.63, 3.8) is 0 Å². The second kappa shape index (κ2) is 9.82. The first-order valence-corrected chi connectivity index (χ1v) is 10.5. The second-order valence-corrected chi connectivity index (χ2v) is 7.74. The SMILES string of the molecule is CCOc1ccc(C=CC2CCC(C3(OCC)C=CC=C(F)C3F)CC2)c(F)c1F. The van der Waals surface area contributed by atoms with Gasteiger partial charge in [-0.2, -0.15) is 4.39 Å². The Kier molecular flexibility index (Phi) is 7.40. The Hall–Kier alpha value is -2.08. The average Bonchev–Trinajstić information content (AvgIpc) is 2.75. The number of hydrogen-bond donors (Lipinski definition) is 0. The van der Waals surface area contributed by atoms with E-state index in [1.807, 2.05) is 6.08 Å². The Morgan fingerprint density at radius 2 is 1.77 bits per heavy atom. The fourth-order valence-electron chi connectivity index (χ4n) is 4.45. The van der Waals surface area contributed by atoms with Crippen molar-refractivity contribution >= 4 is 6.08 Å². The summed E-state index contributed by atoms with van der Waals surface area (Å²) < 4.78 is 67.8. The van der Waals surface area contributed by atoms with Crippen LogP contribution in [0.15, 0.2) is 42.3 Å². The molecule has 0 bridgehead atoms. The van der Waals surface area contributed by atoms with Crippen molar-refractivity contribution < 1.29 is 27.0 Å². The summed E-state index contributed by atoms with van der Waals surface area (Å²) in [5, 5.41) is 0. The molecule has 0 amide bonds. The van der Waals surface area contributed by atoms with Gasteiger partial charge in [0.05, 0.1) is 6.61 Å². The monoisotopic (exact) mass is 424 g/mol. The minimum Gasteiger partial charge on any atom is -0.491 e. The standard InChI is InChI=1S/C24H28F4O2/c1-3-29-20-14-11-17(21(26)22(20)27)10-7-16-8-12-18(13-9-16)24(30-4-2)15-5-6-19(25)23(24)28/h5-7,10-11,14-16,18,23H,3-4,8-9,12-13H2,1-2H3. The molecule has 2 atom stereocenters. The van der Waals surface area contributed by atoms with Gasteiger partial charge in [0.1, 0.15) is 11.4 Å². The molecule has 0 N–H and O–H groups in total. The molecule has 164 valence electrons. The average molecular weight is 424 g/mol. The van der Waals surface area contributed by atoms with Crippen molar-refractivity contribution in [3.8, 4) is 5.75 Å². The first-order valence-electron chi connectivity index (χ1n) is 10.5. The highest BCUT2D eigenvalue weighted by molar-refractivity contribution is 5.52. The molecule has 0 radical (unpaired) electrons. The minimum atomic E-state index is -1.81. The van der Waals surface area contributed by atoms with Crippen molar-refractivity contribution in [3.05, 3.63) is 59.5 Å². The highest BCUT2D eigenvalue weighted by Gasteiger charge is 2.49. The largest absolute Gasteiger partial charge is 0.491 e. The third-order valence-electron chi connectivity index (χ3n) is 5.98.